The van der Waals surface area contributed by atoms with Crippen molar-refractivity contribution in [1.82, 2.24) is 14.8 Å². The average molecular weight is 323 g/mol. The molecule has 0 bridgehead atoms. The lowest BCUT2D eigenvalue weighted by Crippen LogP contribution is -2.21. The number of pyridine rings is 1. The van der Waals surface area contributed by atoms with E-state index in [2.05, 4.69) is 58.3 Å². The first-order valence-corrected chi connectivity index (χ1v) is 7.06. The van der Waals surface area contributed by atoms with Crippen LogP contribution in [0.25, 0.3) is 0 Å². The monoisotopic (exact) mass is 322 g/mol. The quantitative estimate of drug-likeness (QED) is 0.876. The van der Waals surface area contributed by atoms with E-state index in [-0.39, 0.29) is 5.54 Å². The largest absolute Gasteiger partial charge is 0.379 e. The third-order valence-electron chi connectivity index (χ3n) is 2.86. The highest BCUT2D eigenvalue weighted by Gasteiger charge is 2.13. The van der Waals surface area contributed by atoms with Crippen LogP contribution in [0.4, 0.5) is 5.69 Å². The third-order valence-corrected chi connectivity index (χ3v) is 3.30. The molecule has 0 aliphatic heterocycles. The van der Waals surface area contributed by atoms with Crippen LogP contribution in [-0.2, 0) is 12.1 Å². The second-order valence-electron chi connectivity index (χ2n) is 5.58. The van der Waals surface area contributed by atoms with Crippen molar-refractivity contribution in [2.24, 2.45) is 0 Å². The summed E-state index contributed by atoms with van der Waals surface area (Å²) in [7, 11) is 0. The second-order valence-corrected chi connectivity index (χ2v) is 6.40. The Bertz CT molecular complexity index is 569. The molecule has 0 amide bonds. The zero-order valence-corrected chi connectivity index (χ0v) is 13.3. The van der Waals surface area contributed by atoms with E-state index in [1.807, 2.05) is 29.9 Å². The van der Waals surface area contributed by atoms with Gasteiger partial charge in [0, 0.05) is 18.3 Å². The first-order chi connectivity index (χ1) is 8.86. The summed E-state index contributed by atoms with van der Waals surface area (Å²) in [5, 5.41) is 7.77. The van der Waals surface area contributed by atoms with Gasteiger partial charge in [-0.25, -0.2) is 4.98 Å². The topological polar surface area (TPSA) is 42.7 Å². The molecule has 0 atom stereocenters. The molecular weight excluding hydrogens is 304 g/mol. The summed E-state index contributed by atoms with van der Waals surface area (Å²) in [5.41, 5.74) is 3.22. The Morgan fingerprint density at radius 1 is 1.32 bits per heavy atom. The summed E-state index contributed by atoms with van der Waals surface area (Å²) >= 11 is 3.37. The van der Waals surface area contributed by atoms with Crippen LogP contribution >= 0.6 is 15.9 Å². The molecule has 4 nitrogen and oxygen atoms in total. The standard InChI is InChI=1S/C14H19BrN4/c1-10-12(5-6-13(15)18-10)16-7-11-8-17-19(9-11)14(2,3)4/h5-6,8-9,16H,7H2,1-4H3. The summed E-state index contributed by atoms with van der Waals surface area (Å²) < 4.78 is 2.84. The Hall–Kier alpha value is -1.36. The normalized spacial score (nSPS) is 11.6. The van der Waals surface area contributed by atoms with Gasteiger partial charge in [-0.15, -0.1) is 0 Å². The van der Waals surface area contributed by atoms with Gasteiger partial charge in [-0.05, 0) is 55.8 Å². The van der Waals surface area contributed by atoms with Crippen LogP contribution in [0, 0.1) is 6.92 Å². The Labute approximate surface area is 122 Å². The van der Waals surface area contributed by atoms with E-state index >= 15 is 0 Å². The van der Waals surface area contributed by atoms with E-state index in [1.165, 1.54) is 0 Å². The number of aromatic nitrogens is 3. The molecule has 0 saturated heterocycles. The first-order valence-electron chi connectivity index (χ1n) is 6.27. The van der Waals surface area contributed by atoms with Crippen molar-refractivity contribution >= 4 is 21.6 Å². The molecule has 1 N–H and O–H groups in total. The fourth-order valence-electron chi connectivity index (χ4n) is 1.73. The van der Waals surface area contributed by atoms with Crippen LogP contribution in [-0.4, -0.2) is 14.8 Å². The highest BCUT2D eigenvalue weighted by molar-refractivity contribution is 9.10. The molecule has 19 heavy (non-hydrogen) atoms. The number of rotatable bonds is 3. The molecule has 2 aromatic heterocycles. The van der Waals surface area contributed by atoms with Crippen molar-refractivity contribution in [3.63, 3.8) is 0 Å². The number of aryl methyl sites for hydroxylation is 1. The minimum absolute atomic E-state index is 0.0212. The highest BCUT2D eigenvalue weighted by Crippen LogP contribution is 2.18. The predicted molar refractivity (Wildman–Crippen MR) is 81.2 cm³/mol. The van der Waals surface area contributed by atoms with Crippen molar-refractivity contribution < 1.29 is 0 Å². The maximum absolute atomic E-state index is 4.39. The molecule has 2 heterocycles. The summed E-state index contributed by atoms with van der Waals surface area (Å²) in [6, 6.07) is 3.97. The van der Waals surface area contributed by atoms with E-state index in [0.717, 1.165) is 28.1 Å². The minimum atomic E-state index is 0.0212. The van der Waals surface area contributed by atoms with Gasteiger partial charge in [0.25, 0.3) is 0 Å². The molecule has 0 aliphatic carbocycles. The zero-order valence-electron chi connectivity index (χ0n) is 11.7. The molecule has 0 aromatic carbocycles. The molecule has 102 valence electrons. The number of anilines is 1. The molecule has 0 radical (unpaired) electrons. The molecule has 0 unspecified atom stereocenters. The van der Waals surface area contributed by atoms with E-state index in [4.69, 9.17) is 0 Å². The lowest BCUT2D eigenvalue weighted by atomic mass is 10.1. The predicted octanol–water partition coefficient (Wildman–Crippen LogP) is 3.72. The van der Waals surface area contributed by atoms with Crippen molar-refractivity contribution in [1.29, 1.82) is 0 Å². The SMILES string of the molecule is Cc1nc(Br)ccc1NCc1cnn(C(C)(C)C)c1. The molecule has 0 spiro atoms. The number of nitrogens with one attached hydrogen (secondary N) is 1. The third kappa shape index (κ3) is 3.56. The van der Waals surface area contributed by atoms with Gasteiger partial charge >= 0.3 is 0 Å². The summed E-state index contributed by atoms with van der Waals surface area (Å²) in [6.07, 6.45) is 3.98. The van der Waals surface area contributed by atoms with Crippen LogP contribution in [0.5, 0.6) is 0 Å². The Morgan fingerprint density at radius 2 is 2.05 bits per heavy atom. The summed E-state index contributed by atoms with van der Waals surface area (Å²) in [5.74, 6) is 0. The van der Waals surface area contributed by atoms with Gasteiger partial charge in [0.2, 0.25) is 0 Å². The van der Waals surface area contributed by atoms with Gasteiger partial charge in [0.1, 0.15) is 4.60 Å². The molecule has 2 aromatic rings. The lowest BCUT2D eigenvalue weighted by molar-refractivity contribution is 0.355. The fourth-order valence-corrected chi connectivity index (χ4v) is 2.13. The van der Waals surface area contributed by atoms with Crippen molar-refractivity contribution in [3.8, 4) is 0 Å². The van der Waals surface area contributed by atoms with E-state index in [0.29, 0.717) is 0 Å². The van der Waals surface area contributed by atoms with Gasteiger partial charge in [0.15, 0.2) is 0 Å². The van der Waals surface area contributed by atoms with Crippen LogP contribution < -0.4 is 5.32 Å². The molecule has 5 heteroatoms. The van der Waals surface area contributed by atoms with E-state index < -0.39 is 0 Å². The van der Waals surface area contributed by atoms with Gasteiger partial charge in [-0.3, -0.25) is 4.68 Å². The molecule has 0 fully saturated rings. The van der Waals surface area contributed by atoms with E-state index in [9.17, 15) is 0 Å². The summed E-state index contributed by atoms with van der Waals surface area (Å²) in [6.45, 7) is 9.16. The van der Waals surface area contributed by atoms with E-state index in [1.54, 1.807) is 0 Å². The maximum atomic E-state index is 4.39. The minimum Gasteiger partial charge on any atom is -0.379 e. The maximum Gasteiger partial charge on any atom is 0.106 e. The van der Waals surface area contributed by atoms with Crippen LogP contribution in [0.15, 0.2) is 29.1 Å². The van der Waals surface area contributed by atoms with Crippen molar-refractivity contribution in [2.75, 3.05) is 5.32 Å². The van der Waals surface area contributed by atoms with Gasteiger partial charge in [0.05, 0.1) is 23.1 Å². The number of hydrogen-bond donors (Lipinski definition) is 1. The molecule has 0 saturated carbocycles. The highest BCUT2D eigenvalue weighted by atomic mass is 79.9. The molecule has 2 rings (SSSR count). The smallest absolute Gasteiger partial charge is 0.106 e. The Kier molecular flexibility index (Phi) is 3.94. The second kappa shape index (κ2) is 5.33. The van der Waals surface area contributed by atoms with Gasteiger partial charge in [-0.2, -0.15) is 5.10 Å². The van der Waals surface area contributed by atoms with Crippen LogP contribution in [0.1, 0.15) is 32.0 Å². The number of hydrogen-bond acceptors (Lipinski definition) is 3. The summed E-state index contributed by atoms with van der Waals surface area (Å²) in [4.78, 5) is 4.36. The van der Waals surface area contributed by atoms with Gasteiger partial charge < -0.3 is 5.32 Å². The van der Waals surface area contributed by atoms with Crippen LogP contribution in [0.3, 0.4) is 0 Å². The Balaban J connectivity index is 2.04. The molecular formula is C14H19BrN4. The van der Waals surface area contributed by atoms with Crippen molar-refractivity contribution in [2.45, 2.75) is 39.8 Å². The lowest BCUT2D eigenvalue weighted by Gasteiger charge is -2.18. The van der Waals surface area contributed by atoms with Crippen molar-refractivity contribution in [3.05, 3.63) is 40.4 Å². The number of nitrogens with zero attached hydrogens (tertiary/aromatic N) is 3. The first kappa shape index (κ1) is 14.1. The van der Waals surface area contributed by atoms with Crippen LogP contribution in [0.2, 0.25) is 0 Å². The average Bonchev–Trinajstić information content (AvgIpc) is 2.76. The Morgan fingerprint density at radius 3 is 2.63 bits per heavy atom. The molecule has 0 aliphatic rings. The number of halogens is 1. The fraction of sp³-hybridized carbons (Fsp3) is 0.429. The zero-order chi connectivity index (χ0) is 14.0. The van der Waals surface area contributed by atoms with Gasteiger partial charge in [-0.1, -0.05) is 0 Å².